The Labute approximate surface area is 110 Å². The molecule has 0 spiro atoms. The lowest BCUT2D eigenvalue weighted by molar-refractivity contribution is -0.146. The van der Waals surface area contributed by atoms with Crippen LogP contribution in [-0.2, 0) is 9.53 Å². The number of ether oxygens (including phenoxy) is 1. The van der Waals surface area contributed by atoms with E-state index in [9.17, 15) is 4.79 Å². The molecule has 1 aliphatic carbocycles. The summed E-state index contributed by atoms with van der Waals surface area (Å²) in [6, 6.07) is 0. The summed E-state index contributed by atoms with van der Waals surface area (Å²) in [6.07, 6.45) is 2.12. The number of carbonyl (C=O) groups is 1. The number of oxazole rings is 1. The highest BCUT2D eigenvalue weighted by Crippen LogP contribution is 2.39. The molecule has 6 heteroatoms. The number of methoxy groups -OCH3 is 1. The van der Waals surface area contributed by atoms with Crippen LogP contribution in [0.5, 0.6) is 0 Å². The smallest absolute Gasteiger partial charge is 0.325 e. The number of carbonyl (C=O) groups excluding carboxylic acids is 1. The van der Waals surface area contributed by atoms with Crippen LogP contribution in [0, 0.1) is 13.8 Å². The van der Waals surface area contributed by atoms with E-state index in [4.69, 9.17) is 14.9 Å². The molecule has 2 atom stereocenters. The molecule has 1 fully saturated rings. The number of aryl methyl sites for hydroxylation is 2. The quantitative estimate of drug-likeness (QED) is 0.844. The lowest BCUT2D eigenvalue weighted by Gasteiger charge is -2.20. The average Bonchev–Trinajstić information content (AvgIpc) is 2.84. The number of hydrogen-bond acceptors (Lipinski definition) is 6. The highest BCUT2D eigenvalue weighted by molar-refractivity contribution is 7.99. The van der Waals surface area contributed by atoms with E-state index in [2.05, 4.69) is 4.98 Å². The second-order valence-corrected chi connectivity index (χ2v) is 6.00. The molecule has 1 aromatic heterocycles. The van der Waals surface area contributed by atoms with Gasteiger partial charge in [0.1, 0.15) is 11.3 Å². The van der Waals surface area contributed by atoms with Crippen molar-refractivity contribution in [3.63, 3.8) is 0 Å². The molecule has 0 aliphatic heterocycles. The predicted octanol–water partition coefficient (Wildman–Crippen LogP) is 1.81. The molecule has 2 unspecified atom stereocenters. The second-order valence-electron chi connectivity index (χ2n) is 4.75. The lowest BCUT2D eigenvalue weighted by Crippen LogP contribution is -2.46. The molecule has 5 nitrogen and oxygen atoms in total. The lowest BCUT2D eigenvalue weighted by atomic mass is 10.00. The van der Waals surface area contributed by atoms with Gasteiger partial charge in [0.15, 0.2) is 0 Å². The first-order valence-electron chi connectivity index (χ1n) is 5.92. The topological polar surface area (TPSA) is 78.4 Å². The third-order valence-electron chi connectivity index (χ3n) is 3.37. The van der Waals surface area contributed by atoms with Crippen molar-refractivity contribution in [2.45, 2.75) is 49.1 Å². The van der Waals surface area contributed by atoms with Gasteiger partial charge in [0.2, 0.25) is 0 Å². The Balaban J connectivity index is 1.99. The summed E-state index contributed by atoms with van der Waals surface area (Å²) in [4.78, 5) is 15.9. The van der Waals surface area contributed by atoms with Gasteiger partial charge in [0.25, 0.3) is 5.22 Å². The summed E-state index contributed by atoms with van der Waals surface area (Å²) < 4.78 is 10.3. The Morgan fingerprint density at radius 2 is 2.33 bits per heavy atom. The molecule has 18 heavy (non-hydrogen) atoms. The molecule has 2 rings (SSSR count). The second kappa shape index (κ2) is 4.93. The molecule has 1 aromatic rings. The summed E-state index contributed by atoms with van der Waals surface area (Å²) in [7, 11) is 1.37. The number of nitrogens with two attached hydrogens (primary N) is 1. The molecule has 0 aromatic carbocycles. The first-order chi connectivity index (χ1) is 8.44. The molecule has 0 bridgehead atoms. The van der Waals surface area contributed by atoms with E-state index in [-0.39, 0.29) is 11.2 Å². The van der Waals surface area contributed by atoms with Crippen molar-refractivity contribution in [2.24, 2.45) is 5.73 Å². The third kappa shape index (κ3) is 2.54. The molecular weight excluding hydrogens is 252 g/mol. The predicted molar refractivity (Wildman–Crippen MR) is 68.4 cm³/mol. The number of aromatic nitrogens is 1. The Morgan fingerprint density at radius 3 is 2.89 bits per heavy atom. The van der Waals surface area contributed by atoms with Crippen LogP contribution in [0.15, 0.2) is 9.64 Å². The fraction of sp³-hybridized carbons (Fsp3) is 0.667. The van der Waals surface area contributed by atoms with Crippen LogP contribution < -0.4 is 5.73 Å². The largest absolute Gasteiger partial charge is 0.468 e. The number of hydrogen-bond donors (Lipinski definition) is 1. The van der Waals surface area contributed by atoms with Crippen molar-refractivity contribution in [3.8, 4) is 0 Å². The van der Waals surface area contributed by atoms with Gasteiger partial charge < -0.3 is 14.9 Å². The van der Waals surface area contributed by atoms with Gasteiger partial charge in [0.05, 0.1) is 12.8 Å². The van der Waals surface area contributed by atoms with Crippen molar-refractivity contribution < 1.29 is 13.9 Å². The molecule has 1 saturated carbocycles. The van der Waals surface area contributed by atoms with Crippen LogP contribution in [0.1, 0.15) is 30.7 Å². The van der Waals surface area contributed by atoms with Crippen molar-refractivity contribution in [1.82, 2.24) is 4.98 Å². The highest BCUT2D eigenvalue weighted by atomic mass is 32.2. The number of esters is 1. The molecular formula is C12H18N2O3S. The maximum Gasteiger partial charge on any atom is 0.325 e. The summed E-state index contributed by atoms with van der Waals surface area (Å²) in [5.74, 6) is 0.507. The molecule has 0 radical (unpaired) electrons. The SMILES string of the molecule is COC(=O)C1(N)CCC(Sc2nc(C)c(C)o2)C1. The first kappa shape index (κ1) is 13.4. The molecule has 0 amide bonds. The van der Waals surface area contributed by atoms with Gasteiger partial charge in [-0.25, -0.2) is 4.98 Å². The normalized spacial score (nSPS) is 27.4. The van der Waals surface area contributed by atoms with Gasteiger partial charge in [-0.1, -0.05) is 11.8 Å². The third-order valence-corrected chi connectivity index (χ3v) is 4.48. The molecule has 2 N–H and O–H groups in total. The zero-order valence-corrected chi connectivity index (χ0v) is 11.7. The number of thioether (sulfide) groups is 1. The van der Waals surface area contributed by atoms with Crippen molar-refractivity contribution in [3.05, 3.63) is 11.5 Å². The van der Waals surface area contributed by atoms with Gasteiger partial charge in [-0.2, -0.15) is 0 Å². The zero-order chi connectivity index (χ0) is 13.3. The van der Waals surface area contributed by atoms with Gasteiger partial charge >= 0.3 is 5.97 Å². The van der Waals surface area contributed by atoms with E-state index in [0.717, 1.165) is 17.9 Å². The monoisotopic (exact) mass is 270 g/mol. The number of nitrogens with zero attached hydrogens (tertiary/aromatic N) is 1. The van der Waals surface area contributed by atoms with Crippen LogP contribution in [0.4, 0.5) is 0 Å². The molecule has 1 aliphatic rings. The summed E-state index contributed by atoms with van der Waals surface area (Å²) in [6.45, 7) is 3.81. The standard InChI is InChI=1S/C12H18N2O3S/c1-7-8(2)17-11(14-7)18-9-4-5-12(13,6-9)10(15)16-3/h9H,4-6,13H2,1-3H3. The Bertz CT molecular complexity index is 441. The van der Waals surface area contributed by atoms with E-state index in [1.807, 2.05) is 13.8 Å². The zero-order valence-electron chi connectivity index (χ0n) is 10.9. The van der Waals surface area contributed by atoms with Crippen molar-refractivity contribution in [1.29, 1.82) is 0 Å². The van der Waals surface area contributed by atoms with Gasteiger partial charge in [-0.15, -0.1) is 0 Å². The van der Waals surface area contributed by atoms with Crippen molar-refractivity contribution in [2.75, 3.05) is 7.11 Å². The Kier molecular flexibility index (Phi) is 3.68. The minimum atomic E-state index is -0.844. The minimum absolute atomic E-state index is 0.256. The summed E-state index contributed by atoms with van der Waals surface area (Å²) >= 11 is 1.55. The van der Waals surface area contributed by atoms with E-state index >= 15 is 0 Å². The van der Waals surface area contributed by atoms with E-state index in [0.29, 0.717) is 18.1 Å². The first-order valence-corrected chi connectivity index (χ1v) is 6.80. The number of rotatable bonds is 3. The van der Waals surface area contributed by atoms with Gasteiger partial charge in [-0.3, -0.25) is 4.79 Å². The summed E-state index contributed by atoms with van der Waals surface area (Å²) in [5, 5.41) is 0.913. The maximum atomic E-state index is 11.6. The van der Waals surface area contributed by atoms with Crippen molar-refractivity contribution >= 4 is 17.7 Å². The fourth-order valence-electron chi connectivity index (χ4n) is 2.15. The van der Waals surface area contributed by atoms with E-state index in [1.54, 1.807) is 11.8 Å². The average molecular weight is 270 g/mol. The van der Waals surface area contributed by atoms with E-state index < -0.39 is 5.54 Å². The Morgan fingerprint density at radius 1 is 1.61 bits per heavy atom. The maximum absolute atomic E-state index is 11.6. The summed E-state index contributed by atoms with van der Waals surface area (Å²) in [5.41, 5.74) is 6.11. The molecule has 1 heterocycles. The minimum Gasteiger partial charge on any atom is -0.468 e. The van der Waals surface area contributed by atoms with Crippen LogP contribution in [0.2, 0.25) is 0 Å². The van der Waals surface area contributed by atoms with Crippen LogP contribution in [0.3, 0.4) is 0 Å². The van der Waals surface area contributed by atoms with Crippen LogP contribution in [0.25, 0.3) is 0 Å². The van der Waals surface area contributed by atoms with E-state index in [1.165, 1.54) is 7.11 Å². The highest BCUT2D eigenvalue weighted by Gasteiger charge is 2.43. The molecule has 100 valence electrons. The van der Waals surface area contributed by atoms with Crippen LogP contribution >= 0.6 is 11.8 Å². The van der Waals surface area contributed by atoms with Crippen LogP contribution in [-0.4, -0.2) is 28.9 Å². The van der Waals surface area contributed by atoms with Gasteiger partial charge in [0, 0.05) is 5.25 Å². The molecule has 0 saturated heterocycles. The fourth-order valence-corrected chi connectivity index (χ4v) is 3.42. The van der Waals surface area contributed by atoms with Gasteiger partial charge in [-0.05, 0) is 33.1 Å². The Hall–Kier alpha value is -1.01.